The number of likely N-dealkylation sites (N-methyl/N-ethyl adjacent to an activating group) is 1. The highest BCUT2D eigenvalue weighted by Gasteiger charge is 2.24. The van der Waals surface area contributed by atoms with Gasteiger partial charge in [0.15, 0.2) is 0 Å². The van der Waals surface area contributed by atoms with Gasteiger partial charge in [0, 0.05) is 56.5 Å². The molecular formula is C21H23N5O2. The Morgan fingerprint density at radius 2 is 1.82 bits per heavy atom. The molecule has 0 atom stereocenters. The maximum atomic E-state index is 12.8. The molecule has 1 fully saturated rings. The topological polar surface area (TPSA) is 72.5 Å². The molecule has 28 heavy (non-hydrogen) atoms. The first kappa shape index (κ1) is 18.0. The number of nitrogens with zero attached hydrogens (tertiary/aromatic N) is 4. The fourth-order valence-electron chi connectivity index (χ4n) is 3.55. The first-order chi connectivity index (χ1) is 13.6. The molecule has 7 heteroatoms. The van der Waals surface area contributed by atoms with Crippen LogP contribution >= 0.6 is 0 Å². The van der Waals surface area contributed by atoms with E-state index < -0.39 is 0 Å². The first-order valence-electron chi connectivity index (χ1n) is 9.39. The summed E-state index contributed by atoms with van der Waals surface area (Å²) in [6.45, 7) is 2.81. The third-order valence-electron chi connectivity index (χ3n) is 5.14. The first-order valence-corrected chi connectivity index (χ1v) is 9.39. The minimum Gasteiger partial charge on any atom is -0.360 e. The van der Waals surface area contributed by atoms with Crippen molar-refractivity contribution in [1.29, 1.82) is 0 Å². The Morgan fingerprint density at radius 1 is 1.07 bits per heavy atom. The highest BCUT2D eigenvalue weighted by atomic mass is 16.2. The van der Waals surface area contributed by atoms with Gasteiger partial charge < -0.3 is 19.7 Å². The number of nitrogens with one attached hydrogen (secondary N) is 1. The van der Waals surface area contributed by atoms with Crippen molar-refractivity contribution in [2.24, 2.45) is 0 Å². The van der Waals surface area contributed by atoms with Crippen LogP contribution in [0.3, 0.4) is 0 Å². The Balaban J connectivity index is 1.35. The van der Waals surface area contributed by atoms with Gasteiger partial charge in [-0.05, 0) is 18.2 Å². The Morgan fingerprint density at radius 3 is 2.57 bits per heavy atom. The van der Waals surface area contributed by atoms with E-state index >= 15 is 0 Å². The van der Waals surface area contributed by atoms with Crippen LogP contribution in [0.15, 0.2) is 54.9 Å². The smallest absolute Gasteiger partial charge is 0.256 e. The molecule has 1 aliphatic rings. The summed E-state index contributed by atoms with van der Waals surface area (Å²) < 4.78 is 0. The lowest BCUT2D eigenvalue weighted by Gasteiger charge is -2.36. The predicted octanol–water partition coefficient (Wildman–Crippen LogP) is 1.98. The number of amides is 2. The van der Waals surface area contributed by atoms with Gasteiger partial charge in [-0.25, -0.2) is 4.98 Å². The number of para-hydroxylation sites is 1. The van der Waals surface area contributed by atoms with Crippen molar-refractivity contribution in [3.05, 3.63) is 60.4 Å². The number of hydrogen-bond acceptors (Lipinski definition) is 4. The molecule has 3 heterocycles. The summed E-state index contributed by atoms with van der Waals surface area (Å²) in [4.78, 5) is 38.4. The van der Waals surface area contributed by atoms with E-state index in [1.807, 2.05) is 47.4 Å². The molecule has 2 aromatic heterocycles. The van der Waals surface area contributed by atoms with Gasteiger partial charge in [0.05, 0.1) is 12.1 Å². The molecular weight excluding hydrogens is 354 g/mol. The van der Waals surface area contributed by atoms with E-state index in [1.54, 1.807) is 19.4 Å². The number of rotatable bonds is 4. The average Bonchev–Trinajstić information content (AvgIpc) is 3.18. The average molecular weight is 377 g/mol. The van der Waals surface area contributed by atoms with Gasteiger partial charge in [0.2, 0.25) is 5.91 Å². The molecule has 0 saturated carbocycles. The van der Waals surface area contributed by atoms with Crippen LogP contribution in [0.2, 0.25) is 0 Å². The number of aromatic nitrogens is 2. The molecule has 0 aliphatic carbocycles. The van der Waals surface area contributed by atoms with Gasteiger partial charge in [-0.1, -0.05) is 24.3 Å². The van der Waals surface area contributed by atoms with Crippen LogP contribution in [0, 0.1) is 0 Å². The summed E-state index contributed by atoms with van der Waals surface area (Å²) in [7, 11) is 1.67. The largest absolute Gasteiger partial charge is 0.360 e. The summed E-state index contributed by atoms with van der Waals surface area (Å²) in [5, 5.41) is 0.871. The number of carbonyl (C=O) groups is 2. The molecule has 0 bridgehead atoms. The van der Waals surface area contributed by atoms with Crippen LogP contribution < -0.4 is 4.90 Å². The number of anilines is 1. The molecule has 7 nitrogen and oxygen atoms in total. The van der Waals surface area contributed by atoms with Crippen molar-refractivity contribution in [3.63, 3.8) is 0 Å². The zero-order valence-corrected chi connectivity index (χ0v) is 15.8. The van der Waals surface area contributed by atoms with E-state index in [0.29, 0.717) is 18.7 Å². The van der Waals surface area contributed by atoms with E-state index in [9.17, 15) is 9.59 Å². The zero-order chi connectivity index (χ0) is 19.5. The van der Waals surface area contributed by atoms with Crippen LogP contribution in [0.4, 0.5) is 5.82 Å². The summed E-state index contributed by atoms with van der Waals surface area (Å²) >= 11 is 0. The monoisotopic (exact) mass is 377 g/mol. The van der Waals surface area contributed by atoms with Gasteiger partial charge >= 0.3 is 0 Å². The standard InChI is InChI=1S/C21H23N5O2/c1-24(21(28)17-14-23-18-7-3-2-6-16(17)18)15-20(27)26-12-10-25(11-13-26)19-8-4-5-9-22-19/h2-9,14,23H,10-13,15H2,1H3. The number of benzene rings is 1. The minimum absolute atomic E-state index is 0.0311. The van der Waals surface area contributed by atoms with Crippen molar-refractivity contribution in [1.82, 2.24) is 19.8 Å². The Hall–Kier alpha value is -3.35. The summed E-state index contributed by atoms with van der Waals surface area (Å²) in [6.07, 6.45) is 3.48. The van der Waals surface area contributed by atoms with Gasteiger partial charge in [-0.15, -0.1) is 0 Å². The molecule has 144 valence electrons. The normalized spacial score (nSPS) is 14.3. The van der Waals surface area contributed by atoms with Crippen molar-refractivity contribution >= 4 is 28.5 Å². The van der Waals surface area contributed by atoms with Gasteiger partial charge in [-0.2, -0.15) is 0 Å². The van der Waals surface area contributed by atoms with Crippen LogP contribution in [0.1, 0.15) is 10.4 Å². The van der Waals surface area contributed by atoms with E-state index in [4.69, 9.17) is 0 Å². The highest BCUT2D eigenvalue weighted by molar-refractivity contribution is 6.07. The predicted molar refractivity (Wildman–Crippen MR) is 108 cm³/mol. The Labute approximate surface area is 163 Å². The van der Waals surface area contributed by atoms with Crippen LogP contribution in [0.5, 0.6) is 0 Å². The second-order valence-corrected chi connectivity index (χ2v) is 6.96. The summed E-state index contributed by atoms with van der Waals surface area (Å²) in [6, 6.07) is 13.5. The number of pyridine rings is 1. The van der Waals surface area contributed by atoms with Gasteiger partial charge in [0.1, 0.15) is 5.82 Å². The second kappa shape index (κ2) is 7.72. The molecule has 4 rings (SSSR count). The number of aromatic amines is 1. The SMILES string of the molecule is CN(CC(=O)N1CCN(c2ccccn2)CC1)C(=O)c1c[nH]c2ccccc12. The highest BCUT2D eigenvalue weighted by Crippen LogP contribution is 2.19. The molecule has 0 spiro atoms. The van der Waals surface area contributed by atoms with Crippen molar-refractivity contribution < 1.29 is 9.59 Å². The number of fused-ring (bicyclic) bond motifs is 1. The second-order valence-electron chi connectivity index (χ2n) is 6.96. The summed E-state index contributed by atoms with van der Waals surface area (Å²) in [5.41, 5.74) is 1.50. The van der Waals surface area contributed by atoms with Crippen LogP contribution in [0.25, 0.3) is 10.9 Å². The number of carbonyl (C=O) groups excluding carboxylic acids is 2. The molecule has 3 aromatic rings. The molecule has 1 aliphatic heterocycles. The fraction of sp³-hybridized carbons (Fsp3) is 0.286. The maximum absolute atomic E-state index is 12.8. The lowest BCUT2D eigenvalue weighted by atomic mass is 10.1. The van der Waals surface area contributed by atoms with Crippen LogP contribution in [-0.4, -0.2) is 71.4 Å². The van der Waals surface area contributed by atoms with E-state index in [2.05, 4.69) is 14.9 Å². The molecule has 1 aromatic carbocycles. The van der Waals surface area contributed by atoms with Crippen molar-refractivity contribution in [2.75, 3.05) is 44.7 Å². The zero-order valence-electron chi connectivity index (χ0n) is 15.8. The molecule has 0 unspecified atom stereocenters. The molecule has 2 amide bonds. The number of piperazine rings is 1. The van der Waals surface area contributed by atoms with Gasteiger partial charge in [-0.3, -0.25) is 9.59 Å². The van der Waals surface area contributed by atoms with Crippen molar-refractivity contribution in [2.45, 2.75) is 0 Å². The summed E-state index contributed by atoms with van der Waals surface area (Å²) in [5.74, 6) is 0.746. The lowest BCUT2D eigenvalue weighted by Crippen LogP contribution is -2.51. The van der Waals surface area contributed by atoms with E-state index in [1.165, 1.54) is 4.90 Å². The van der Waals surface area contributed by atoms with E-state index in [0.717, 1.165) is 29.8 Å². The lowest BCUT2D eigenvalue weighted by molar-refractivity contribution is -0.131. The third kappa shape index (κ3) is 3.55. The molecule has 0 radical (unpaired) electrons. The molecule has 1 N–H and O–H groups in total. The van der Waals surface area contributed by atoms with Crippen molar-refractivity contribution in [3.8, 4) is 0 Å². The number of hydrogen-bond donors (Lipinski definition) is 1. The van der Waals surface area contributed by atoms with Gasteiger partial charge in [0.25, 0.3) is 5.91 Å². The fourth-order valence-corrected chi connectivity index (χ4v) is 3.55. The Kier molecular flexibility index (Phi) is 4.97. The third-order valence-corrected chi connectivity index (χ3v) is 5.14. The van der Waals surface area contributed by atoms with Crippen LogP contribution in [-0.2, 0) is 4.79 Å². The minimum atomic E-state index is -0.155. The Bertz CT molecular complexity index is 977. The maximum Gasteiger partial charge on any atom is 0.256 e. The molecule has 1 saturated heterocycles. The number of H-pyrrole nitrogens is 1. The van der Waals surface area contributed by atoms with E-state index in [-0.39, 0.29) is 18.4 Å². The quantitative estimate of drug-likeness (QED) is 0.755.